The van der Waals surface area contributed by atoms with E-state index in [0.29, 0.717) is 12.0 Å². The Kier molecular flexibility index (Phi) is 2.91. The SMILES string of the molecule is CNC1CC(c2cccc([N+](=O)[O-])c2)C1(C)C. The quantitative estimate of drug-likeness (QED) is 0.646. The highest BCUT2D eigenvalue weighted by Gasteiger charge is 2.47. The third-order valence-electron chi connectivity index (χ3n) is 4.10. The van der Waals surface area contributed by atoms with Crippen LogP contribution in [0.4, 0.5) is 5.69 Å². The molecule has 2 rings (SSSR count). The summed E-state index contributed by atoms with van der Waals surface area (Å²) in [4.78, 5) is 10.4. The van der Waals surface area contributed by atoms with Crippen molar-refractivity contribution in [1.29, 1.82) is 0 Å². The minimum absolute atomic E-state index is 0.157. The van der Waals surface area contributed by atoms with Gasteiger partial charge in [0, 0.05) is 18.2 Å². The standard InChI is InChI=1S/C13H18N2O2/c1-13(2)11(8-12(13)14-3)9-5-4-6-10(7-9)15(16)17/h4-7,11-12,14H,8H2,1-3H3. The lowest BCUT2D eigenvalue weighted by Crippen LogP contribution is -2.54. The van der Waals surface area contributed by atoms with Gasteiger partial charge in [-0.15, -0.1) is 0 Å². The first-order chi connectivity index (χ1) is 7.96. The predicted molar refractivity (Wildman–Crippen MR) is 67.1 cm³/mol. The molecule has 0 amide bonds. The fourth-order valence-electron chi connectivity index (χ4n) is 2.84. The second-order valence-electron chi connectivity index (χ2n) is 5.30. The molecule has 1 aliphatic carbocycles. The van der Waals surface area contributed by atoms with E-state index >= 15 is 0 Å². The van der Waals surface area contributed by atoms with Crippen LogP contribution in [0.2, 0.25) is 0 Å². The molecule has 0 bridgehead atoms. The van der Waals surface area contributed by atoms with Crippen LogP contribution in [0.25, 0.3) is 0 Å². The molecule has 0 spiro atoms. The third-order valence-corrected chi connectivity index (χ3v) is 4.10. The van der Waals surface area contributed by atoms with Crippen molar-refractivity contribution in [3.8, 4) is 0 Å². The largest absolute Gasteiger partial charge is 0.316 e. The number of benzene rings is 1. The van der Waals surface area contributed by atoms with Crippen LogP contribution in [0, 0.1) is 15.5 Å². The normalized spacial score (nSPS) is 26.3. The first-order valence-electron chi connectivity index (χ1n) is 5.88. The van der Waals surface area contributed by atoms with Crippen LogP contribution < -0.4 is 5.32 Å². The van der Waals surface area contributed by atoms with E-state index in [1.54, 1.807) is 18.2 Å². The summed E-state index contributed by atoms with van der Waals surface area (Å²) in [6.07, 6.45) is 1.05. The number of nitrogens with one attached hydrogen (secondary N) is 1. The lowest BCUT2D eigenvalue weighted by atomic mass is 9.56. The Hall–Kier alpha value is -1.42. The van der Waals surface area contributed by atoms with Crippen molar-refractivity contribution in [2.75, 3.05) is 7.05 Å². The second-order valence-corrected chi connectivity index (χ2v) is 5.30. The maximum Gasteiger partial charge on any atom is 0.269 e. The zero-order valence-electron chi connectivity index (χ0n) is 10.4. The summed E-state index contributed by atoms with van der Waals surface area (Å²) >= 11 is 0. The second kappa shape index (κ2) is 4.11. The van der Waals surface area contributed by atoms with Crippen LogP contribution in [0.15, 0.2) is 24.3 Å². The summed E-state index contributed by atoms with van der Waals surface area (Å²) in [5.74, 6) is 0.403. The minimum Gasteiger partial charge on any atom is -0.316 e. The molecule has 1 saturated carbocycles. The number of nitro groups is 1. The monoisotopic (exact) mass is 234 g/mol. The molecule has 4 nitrogen and oxygen atoms in total. The van der Waals surface area contributed by atoms with Crippen molar-refractivity contribution >= 4 is 5.69 Å². The van der Waals surface area contributed by atoms with Gasteiger partial charge in [0.25, 0.3) is 5.69 Å². The molecule has 4 heteroatoms. The van der Waals surface area contributed by atoms with E-state index in [1.165, 1.54) is 0 Å². The Morgan fingerprint density at radius 1 is 1.47 bits per heavy atom. The van der Waals surface area contributed by atoms with Gasteiger partial charge >= 0.3 is 0 Å². The number of non-ortho nitro benzene ring substituents is 1. The maximum atomic E-state index is 10.8. The van der Waals surface area contributed by atoms with E-state index in [-0.39, 0.29) is 16.0 Å². The average Bonchev–Trinajstić information content (AvgIpc) is 2.28. The molecule has 0 aliphatic heterocycles. The summed E-state index contributed by atoms with van der Waals surface area (Å²) < 4.78 is 0. The molecule has 1 aromatic carbocycles. The first-order valence-corrected chi connectivity index (χ1v) is 5.88. The lowest BCUT2D eigenvalue weighted by molar-refractivity contribution is -0.385. The van der Waals surface area contributed by atoms with Gasteiger partial charge < -0.3 is 5.32 Å². The first kappa shape index (κ1) is 12.0. The van der Waals surface area contributed by atoms with E-state index in [1.807, 2.05) is 13.1 Å². The molecule has 0 saturated heterocycles. The lowest BCUT2D eigenvalue weighted by Gasteiger charge is -2.52. The number of nitrogens with zero attached hydrogens (tertiary/aromatic N) is 1. The minimum atomic E-state index is -0.329. The predicted octanol–water partition coefficient (Wildman–Crippen LogP) is 2.70. The maximum absolute atomic E-state index is 10.8. The van der Waals surface area contributed by atoms with E-state index in [9.17, 15) is 10.1 Å². The summed E-state index contributed by atoms with van der Waals surface area (Å²) in [5, 5.41) is 14.1. The van der Waals surface area contributed by atoms with E-state index < -0.39 is 0 Å². The molecule has 1 fully saturated rings. The Labute approximate surface area is 101 Å². The van der Waals surface area contributed by atoms with Crippen LogP contribution in [-0.4, -0.2) is 18.0 Å². The number of rotatable bonds is 3. The Morgan fingerprint density at radius 2 is 2.18 bits per heavy atom. The molecule has 92 valence electrons. The zero-order chi connectivity index (χ0) is 12.6. The highest BCUT2D eigenvalue weighted by Crippen LogP contribution is 2.52. The summed E-state index contributed by atoms with van der Waals surface area (Å²) in [6, 6.07) is 7.51. The van der Waals surface area contributed by atoms with Gasteiger partial charge in [0.2, 0.25) is 0 Å². The fraction of sp³-hybridized carbons (Fsp3) is 0.538. The average molecular weight is 234 g/mol. The zero-order valence-corrected chi connectivity index (χ0v) is 10.4. The molecule has 1 N–H and O–H groups in total. The molecule has 2 unspecified atom stereocenters. The van der Waals surface area contributed by atoms with E-state index in [0.717, 1.165) is 12.0 Å². The Bertz CT molecular complexity index is 443. The van der Waals surface area contributed by atoms with Crippen LogP contribution in [0.1, 0.15) is 31.7 Å². The van der Waals surface area contributed by atoms with Crippen LogP contribution in [0.5, 0.6) is 0 Å². The fourth-order valence-corrected chi connectivity index (χ4v) is 2.84. The van der Waals surface area contributed by atoms with Crippen molar-refractivity contribution in [3.05, 3.63) is 39.9 Å². The van der Waals surface area contributed by atoms with Gasteiger partial charge in [-0.25, -0.2) is 0 Å². The van der Waals surface area contributed by atoms with Crippen molar-refractivity contribution in [3.63, 3.8) is 0 Å². The number of hydrogen-bond donors (Lipinski definition) is 1. The number of nitro benzene ring substituents is 1. The van der Waals surface area contributed by atoms with Crippen molar-refractivity contribution in [2.24, 2.45) is 5.41 Å². The van der Waals surface area contributed by atoms with E-state index in [4.69, 9.17) is 0 Å². The van der Waals surface area contributed by atoms with Crippen molar-refractivity contribution in [2.45, 2.75) is 32.2 Å². The van der Waals surface area contributed by atoms with Crippen molar-refractivity contribution in [1.82, 2.24) is 5.32 Å². The molecular formula is C13H18N2O2. The molecule has 1 aromatic rings. The highest BCUT2D eigenvalue weighted by molar-refractivity contribution is 5.38. The van der Waals surface area contributed by atoms with Crippen LogP contribution in [-0.2, 0) is 0 Å². The summed E-state index contributed by atoms with van der Waals surface area (Å²) in [6.45, 7) is 4.42. The van der Waals surface area contributed by atoms with Gasteiger partial charge in [-0.05, 0) is 30.4 Å². The summed E-state index contributed by atoms with van der Waals surface area (Å²) in [7, 11) is 1.97. The van der Waals surface area contributed by atoms with Crippen LogP contribution in [0.3, 0.4) is 0 Å². The smallest absolute Gasteiger partial charge is 0.269 e. The van der Waals surface area contributed by atoms with Crippen LogP contribution >= 0.6 is 0 Å². The molecule has 2 atom stereocenters. The molecule has 1 aliphatic rings. The Morgan fingerprint density at radius 3 is 2.71 bits per heavy atom. The third kappa shape index (κ3) is 1.93. The van der Waals surface area contributed by atoms with Gasteiger partial charge in [-0.3, -0.25) is 10.1 Å². The summed E-state index contributed by atoms with van der Waals surface area (Å²) in [5.41, 5.74) is 1.42. The Balaban J connectivity index is 2.25. The molecule has 0 aromatic heterocycles. The highest BCUT2D eigenvalue weighted by atomic mass is 16.6. The van der Waals surface area contributed by atoms with Gasteiger partial charge in [-0.2, -0.15) is 0 Å². The number of hydrogen-bond acceptors (Lipinski definition) is 3. The van der Waals surface area contributed by atoms with Gasteiger partial charge in [0.05, 0.1) is 4.92 Å². The van der Waals surface area contributed by atoms with Crippen molar-refractivity contribution < 1.29 is 4.92 Å². The molecule has 17 heavy (non-hydrogen) atoms. The van der Waals surface area contributed by atoms with Gasteiger partial charge in [-0.1, -0.05) is 26.0 Å². The van der Waals surface area contributed by atoms with E-state index in [2.05, 4.69) is 19.2 Å². The van der Waals surface area contributed by atoms with Gasteiger partial charge in [0.15, 0.2) is 0 Å². The topological polar surface area (TPSA) is 55.2 Å². The molecule has 0 radical (unpaired) electrons. The molecular weight excluding hydrogens is 216 g/mol. The molecule has 0 heterocycles. The van der Waals surface area contributed by atoms with Gasteiger partial charge in [0.1, 0.15) is 0 Å².